The smallest absolute Gasteiger partial charge is 0.219 e. The SMILES string of the molecule is CC(O)C(N)CNN(C)CC(CC(N)=O)NC(=S)NC(CO)C(O)O. The van der Waals surface area contributed by atoms with E-state index in [1.54, 1.807) is 19.0 Å². The molecule has 0 aliphatic carbocycles. The molecule has 0 radical (unpaired) electrons. The van der Waals surface area contributed by atoms with Crippen LogP contribution in [0.1, 0.15) is 13.3 Å². The first kappa shape index (κ1) is 23.9. The number of primary amides is 1. The summed E-state index contributed by atoms with van der Waals surface area (Å²) in [6.45, 7) is 1.67. The van der Waals surface area contributed by atoms with Crippen molar-refractivity contribution in [1.29, 1.82) is 0 Å². The summed E-state index contributed by atoms with van der Waals surface area (Å²) < 4.78 is 0. The molecule has 11 nitrogen and oxygen atoms in total. The second-order valence-corrected chi connectivity index (χ2v) is 6.24. The first-order valence-corrected chi connectivity index (χ1v) is 8.18. The number of hydrogen-bond donors (Lipinski definition) is 9. The van der Waals surface area contributed by atoms with Crippen molar-refractivity contribution in [2.75, 3.05) is 26.7 Å². The van der Waals surface area contributed by atoms with Crippen molar-refractivity contribution in [2.45, 2.75) is 43.9 Å². The van der Waals surface area contributed by atoms with Gasteiger partial charge in [0.2, 0.25) is 5.91 Å². The number of aliphatic hydroxyl groups is 4. The maximum Gasteiger partial charge on any atom is 0.219 e. The maximum atomic E-state index is 11.2. The molecule has 148 valence electrons. The number of aliphatic hydroxyl groups excluding tert-OH is 3. The summed E-state index contributed by atoms with van der Waals surface area (Å²) in [4.78, 5) is 11.2. The third-order valence-corrected chi connectivity index (χ3v) is 3.60. The molecular weight excluding hydrogens is 352 g/mol. The fourth-order valence-electron chi connectivity index (χ4n) is 1.84. The molecule has 11 N–H and O–H groups in total. The number of thiocarbonyl (C=S) groups is 1. The molecule has 0 aliphatic heterocycles. The molecule has 0 heterocycles. The van der Waals surface area contributed by atoms with Crippen LogP contribution in [0.25, 0.3) is 0 Å². The summed E-state index contributed by atoms with van der Waals surface area (Å²) in [6, 6.07) is -1.99. The number of carbonyl (C=O) groups excluding carboxylic acids is 1. The van der Waals surface area contributed by atoms with E-state index >= 15 is 0 Å². The van der Waals surface area contributed by atoms with E-state index in [9.17, 15) is 9.90 Å². The van der Waals surface area contributed by atoms with Gasteiger partial charge in [-0.2, -0.15) is 0 Å². The fourth-order valence-corrected chi connectivity index (χ4v) is 2.16. The molecule has 0 aromatic heterocycles. The number of hydrogen-bond acceptors (Lipinski definition) is 9. The summed E-state index contributed by atoms with van der Waals surface area (Å²) in [6.07, 6.45) is -2.50. The van der Waals surface area contributed by atoms with Crippen LogP contribution >= 0.6 is 12.2 Å². The van der Waals surface area contributed by atoms with E-state index in [0.29, 0.717) is 13.1 Å². The molecule has 1 amide bonds. The van der Waals surface area contributed by atoms with Crippen LogP contribution in [0.2, 0.25) is 0 Å². The van der Waals surface area contributed by atoms with Crippen LogP contribution in [0.15, 0.2) is 0 Å². The lowest BCUT2D eigenvalue weighted by Crippen LogP contribution is -2.56. The van der Waals surface area contributed by atoms with Gasteiger partial charge in [0.25, 0.3) is 0 Å². The van der Waals surface area contributed by atoms with Gasteiger partial charge >= 0.3 is 0 Å². The lowest BCUT2D eigenvalue weighted by molar-refractivity contribution is -0.118. The molecule has 0 spiro atoms. The topological polar surface area (TPSA) is 189 Å². The maximum absolute atomic E-state index is 11.2. The van der Waals surface area contributed by atoms with Crippen molar-refractivity contribution in [1.82, 2.24) is 21.1 Å². The first-order valence-electron chi connectivity index (χ1n) is 7.77. The Hall–Kier alpha value is -1.12. The van der Waals surface area contributed by atoms with Gasteiger partial charge in [-0.3, -0.25) is 10.2 Å². The Morgan fingerprint density at radius 3 is 2.32 bits per heavy atom. The molecule has 0 rings (SSSR count). The molecule has 0 aromatic carbocycles. The minimum atomic E-state index is -1.80. The van der Waals surface area contributed by atoms with E-state index in [4.69, 9.17) is 39.0 Å². The molecule has 4 unspecified atom stereocenters. The van der Waals surface area contributed by atoms with E-state index < -0.39 is 43.0 Å². The predicted molar refractivity (Wildman–Crippen MR) is 95.9 cm³/mol. The second kappa shape index (κ2) is 12.3. The molecule has 4 atom stereocenters. The molecule has 0 saturated heterocycles. The highest BCUT2D eigenvalue weighted by atomic mass is 32.1. The van der Waals surface area contributed by atoms with Crippen LogP contribution in [0.3, 0.4) is 0 Å². The Bertz CT molecular complexity index is 414. The van der Waals surface area contributed by atoms with Gasteiger partial charge in [-0.05, 0) is 19.1 Å². The van der Waals surface area contributed by atoms with Crippen molar-refractivity contribution < 1.29 is 25.2 Å². The highest BCUT2D eigenvalue weighted by molar-refractivity contribution is 7.80. The van der Waals surface area contributed by atoms with Crippen LogP contribution in [0.5, 0.6) is 0 Å². The van der Waals surface area contributed by atoms with Crippen LogP contribution in [0, 0.1) is 0 Å². The third kappa shape index (κ3) is 11.2. The van der Waals surface area contributed by atoms with Gasteiger partial charge in [-0.25, -0.2) is 5.01 Å². The Balaban J connectivity index is 4.58. The fraction of sp³-hybridized carbons (Fsp3) is 0.846. The number of nitrogens with zero attached hydrogens (tertiary/aromatic N) is 1. The molecule has 0 bridgehead atoms. The lowest BCUT2D eigenvalue weighted by Gasteiger charge is -2.28. The van der Waals surface area contributed by atoms with Gasteiger partial charge in [-0.15, -0.1) is 0 Å². The Morgan fingerprint density at radius 1 is 1.28 bits per heavy atom. The zero-order chi connectivity index (χ0) is 19.6. The van der Waals surface area contributed by atoms with Crippen LogP contribution in [-0.2, 0) is 4.79 Å². The summed E-state index contributed by atoms with van der Waals surface area (Å²) in [7, 11) is 1.72. The van der Waals surface area contributed by atoms with E-state index in [1.165, 1.54) is 0 Å². The van der Waals surface area contributed by atoms with Gasteiger partial charge in [0, 0.05) is 32.6 Å². The van der Waals surface area contributed by atoms with Crippen LogP contribution in [-0.4, -0.2) is 93.7 Å². The Kier molecular flexibility index (Phi) is 11.7. The highest BCUT2D eigenvalue weighted by Crippen LogP contribution is 1.96. The lowest BCUT2D eigenvalue weighted by atomic mass is 10.2. The van der Waals surface area contributed by atoms with E-state index in [-0.39, 0.29) is 11.5 Å². The summed E-state index contributed by atoms with van der Waals surface area (Å²) in [5.41, 5.74) is 13.9. The average molecular weight is 382 g/mol. The van der Waals surface area contributed by atoms with Gasteiger partial charge in [-0.1, -0.05) is 0 Å². The van der Waals surface area contributed by atoms with Gasteiger partial charge in [0.15, 0.2) is 11.4 Å². The average Bonchev–Trinajstić information content (AvgIpc) is 2.48. The summed E-state index contributed by atoms with van der Waals surface area (Å²) in [5.74, 6) is -0.546. The highest BCUT2D eigenvalue weighted by Gasteiger charge is 2.20. The number of rotatable bonds is 12. The quantitative estimate of drug-likeness (QED) is 0.0898. The first-order chi connectivity index (χ1) is 11.6. The molecule has 25 heavy (non-hydrogen) atoms. The van der Waals surface area contributed by atoms with Gasteiger partial charge in [0.05, 0.1) is 18.8 Å². The molecule has 0 aromatic rings. The molecule has 0 fully saturated rings. The van der Waals surface area contributed by atoms with Crippen molar-refractivity contribution in [2.24, 2.45) is 11.5 Å². The third-order valence-electron chi connectivity index (χ3n) is 3.37. The zero-order valence-corrected chi connectivity index (χ0v) is 15.2. The summed E-state index contributed by atoms with van der Waals surface area (Å²) in [5, 5.41) is 43.6. The van der Waals surface area contributed by atoms with E-state index in [2.05, 4.69) is 16.1 Å². The minimum Gasteiger partial charge on any atom is -0.394 e. The molecule has 0 saturated carbocycles. The van der Waals surface area contributed by atoms with Gasteiger partial charge < -0.3 is 42.5 Å². The Labute approximate surface area is 152 Å². The van der Waals surface area contributed by atoms with Crippen molar-refractivity contribution in [3.05, 3.63) is 0 Å². The van der Waals surface area contributed by atoms with E-state index in [1.807, 2.05) is 0 Å². The number of nitrogens with two attached hydrogens (primary N) is 2. The number of amides is 1. The monoisotopic (exact) mass is 382 g/mol. The molecular formula is C13H30N6O5S. The number of nitrogens with one attached hydrogen (secondary N) is 3. The molecule has 12 heteroatoms. The Morgan fingerprint density at radius 2 is 1.88 bits per heavy atom. The number of carbonyl (C=O) groups is 1. The van der Waals surface area contributed by atoms with Crippen molar-refractivity contribution >= 4 is 23.2 Å². The zero-order valence-electron chi connectivity index (χ0n) is 14.4. The second-order valence-electron chi connectivity index (χ2n) is 5.84. The normalized spacial score (nSPS) is 16.4. The van der Waals surface area contributed by atoms with Crippen molar-refractivity contribution in [3.8, 4) is 0 Å². The molecule has 0 aliphatic rings. The van der Waals surface area contributed by atoms with Crippen LogP contribution < -0.4 is 27.5 Å². The van der Waals surface area contributed by atoms with Crippen LogP contribution in [0.4, 0.5) is 0 Å². The van der Waals surface area contributed by atoms with Crippen molar-refractivity contribution in [3.63, 3.8) is 0 Å². The van der Waals surface area contributed by atoms with E-state index in [0.717, 1.165) is 0 Å². The number of likely N-dealkylation sites (N-methyl/N-ethyl adjacent to an activating group) is 1. The minimum absolute atomic E-state index is 0.0260. The summed E-state index contributed by atoms with van der Waals surface area (Å²) >= 11 is 5.04. The standard InChI is InChI=1S/C13H30N6O5S/c1-7(21)9(14)4-16-19(2)5-8(3-11(15)22)17-13(25)18-10(6-20)12(23)24/h7-10,12,16,20-21,23-24H,3-6,14H2,1-2H3,(H2,15,22)(H2,17,18,25). The van der Waals surface area contributed by atoms with Gasteiger partial charge in [0.1, 0.15) is 6.04 Å². The number of hydrazine groups is 1. The predicted octanol–water partition coefficient (Wildman–Crippen LogP) is -4.49. The largest absolute Gasteiger partial charge is 0.394 e.